The molecule has 116 valence electrons. The van der Waals surface area contributed by atoms with Crippen LogP contribution in [0.15, 0.2) is 18.2 Å². The third-order valence-corrected chi connectivity index (χ3v) is 4.14. The number of hydrogen-bond donors (Lipinski definition) is 1. The fourth-order valence-electron chi connectivity index (χ4n) is 2.77. The van der Waals surface area contributed by atoms with E-state index in [1.54, 1.807) is 6.07 Å². The predicted octanol–water partition coefficient (Wildman–Crippen LogP) is 3.03. The highest BCUT2D eigenvalue weighted by atomic mass is 16.5. The van der Waals surface area contributed by atoms with Gasteiger partial charge < -0.3 is 14.7 Å². The molecule has 0 saturated heterocycles. The summed E-state index contributed by atoms with van der Waals surface area (Å²) in [6.45, 7) is 1.79. The van der Waals surface area contributed by atoms with E-state index in [-0.39, 0.29) is 12.4 Å². The Morgan fingerprint density at radius 1 is 1.29 bits per heavy atom. The molecule has 4 nitrogen and oxygen atoms in total. The van der Waals surface area contributed by atoms with Gasteiger partial charge in [-0.1, -0.05) is 19.3 Å². The van der Waals surface area contributed by atoms with E-state index in [9.17, 15) is 9.90 Å². The monoisotopic (exact) mass is 291 g/mol. The highest BCUT2D eigenvalue weighted by Crippen LogP contribution is 2.31. The third kappa shape index (κ3) is 3.97. The highest BCUT2D eigenvalue weighted by molar-refractivity contribution is 5.97. The van der Waals surface area contributed by atoms with Crippen molar-refractivity contribution < 1.29 is 14.6 Å². The van der Waals surface area contributed by atoms with Crippen LogP contribution in [0.4, 0.5) is 5.69 Å². The first-order valence-electron chi connectivity index (χ1n) is 7.59. The number of aliphatic hydroxyl groups is 1. The van der Waals surface area contributed by atoms with Gasteiger partial charge in [-0.2, -0.15) is 0 Å². The van der Waals surface area contributed by atoms with Crippen LogP contribution in [0.1, 0.15) is 49.4 Å². The number of hydrogen-bond acceptors (Lipinski definition) is 4. The molecule has 0 heterocycles. The third-order valence-electron chi connectivity index (χ3n) is 4.14. The van der Waals surface area contributed by atoms with E-state index in [0.717, 1.165) is 31.4 Å². The number of ketones is 1. The van der Waals surface area contributed by atoms with Crippen LogP contribution in [-0.2, 0) is 0 Å². The molecule has 0 atom stereocenters. The molecule has 0 aromatic heterocycles. The zero-order valence-corrected chi connectivity index (χ0v) is 13.2. The second-order valence-corrected chi connectivity index (χ2v) is 6.20. The van der Waals surface area contributed by atoms with E-state index < -0.39 is 5.60 Å². The van der Waals surface area contributed by atoms with E-state index in [0.29, 0.717) is 11.3 Å². The Balaban J connectivity index is 2.16. The quantitative estimate of drug-likeness (QED) is 0.847. The molecule has 1 aromatic carbocycles. The molecule has 0 bridgehead atoms. The molecular formula is C17H25NO3. The van der Waals surface area contributed by atoms with E-state index in [1.165, 1.54) is 13.3 Å². The molecule has 1 aliphatic rings. The largest absolute Gasteiger partial charge is 0.490 e. The van der Waals surface area contributed by atoms with Gasteiger partial charge in [-0.15, -0.1) is 0 Å². The van der Waals surface area contributed by atoms with E-state index in [1.807, 2.05) is 31.1 Å². The summed E-state index contributed by atoms with van der Waals surface area (Å²) in [7, 11) is 3.89. The Hall–Kier alpha value is -1.55. The second kappa shape index (κ2) is 6.48. The van der Waals surface area contributed by atoms with Crippen molar-refractivity contribution in [3.05, 3.63) is 23.8 Å². The summed E-state index contributed by atoms with van der Waals surface area (Å²) in [5.41, 5.74) is 0.797. The van der Waals surface area contributed by atoms with Crippen LogP contribution < -0.4 is 9.64 Å². The molecule has 1 fully saturated rings. The van der Waals surface area contributed by atoms with E-state index >= 15 is 0 Å². The zero-order valence-electron chi connectivity index (χ0n) is 13.2. The summed E-state index contributed by atoms with van der Waals surface area (Å²) in [6, 6.07) is 5.56. The average molecular weight is 291 g/mol. The molecule has 0 aliphatic heterocycles. The first-order valence-corrected chi connectivity index (χ1v) is 7.59. The lowest BCUT2D eigenvalue weighted by Gasteiger charge is -2.32. The minimum Gasteiger partial charge on any atom is -0.490 e. The molecule has 4 heteroatoms. The number of nitrogens with zero attached hydrogens (tertiary/aromatic N) is 1. The number of benzene rings is 1. The molecule has 1 aliphatic carbocycles. The lowest BCUT2D eigenvalue weighted by molar-refractivity contribution is -0.0340. The number of anilines is 1. The van der Waals surface area contributed by atoms with Crippen molar-refractivity contribution in [3.63, 3.8) is 0 Å². The SMILES string of the molecule is CC(=O)c1ccc(N(C)C)cc1OCC1(O)CCCCC1. The van der Waals surface area contributed by atoms with Gasteiger partial charge in [0.15, 0.2) is 5.78 Å². The lowest BCUT2D eigenvalue weighted by atomic mass is 9.85. The smallest absolute Gasteiger partial charge is 0.163 e. The molecule has 1 saturated carbocycles. The summed E-state index contributed by atoms with van der Waals surface area (Å²) in [5, 5.41) is 10.5. The molecule has 0 unspecified atom stereocenters. The highest BCUT2D eigenvalue weighted by Gasteiger charge is 2.30. The maximum atomic E-state index is 11.7. The Morgan fingerprint density at radius 3 is 2.52 bits per heavy atom. The van der Waals surface area contributed by atoms with Crippen molar-refractivity contribution in [2.24, 2.45) is 0 Å². The van der Waals surface area contributed by atoms with E-state index in [4.69, 9.17) is 4.74 Å². The lowest BCUT2D eigenvalue weighted by Crippen LogP contribution is -2.38. The summed E-state index contributed by atoms with van der Waals surface area (Å²) < 4.78 is 5.83. The Morgan fingerprint density at radius 2 is 1.95 bits per heavy atom. The minimum absolute atomic E-state index is 0.0223. The molecule has 2 rings (SSSR count). The maximum absolute atomic E-state index is 11.7. The second-order valence-electron chi connectivity index (χ2n) is 6.20. The molecule has 0 spiro atoms. The number of carbonyl (C=O) groups is 1. The topological polar surface area (TPSA) is 49.8 Å². The standard InChI is InChI=1S/C17H25NO3/c1-13(19)15-8-7-14(18(2)3)11-16(15)21-12-17(20)9-5-4-6-10-17/h7-8,11,20H,4-6,9-10,12H2,1-3H3. The van der Waals surface area contributed by atoms with E-state index in [2.05, 4.69) is 0 Å². The van der Waals surface area contributed by atoms with Gasteiger partial charge in [-0.05, 0) is 31.9 Å². The van der Waals surface area contributed by atoms with Gasteiger partial charge in [0.25, 0.3) is 0 Å². The van der Waals surface area contributed by atoms with Crippen LogP contribution in [0.2, 0.25) is 0 Å². The molecule has 1 aromatic rings. The van der Waals surface area contributed by atoms with Gasteiger partial charge in [0, 0.05) is 25.8 Å². The molecule has 1 N–H and O–H groups in total. The molecule has 0 radical (unpaired) electrons. The number of rotatable bonds is 5. The van der Waals surface area contributed by atoms with Crippen LogP contribution in [0, 0.1) is 0 Å². The van der Waals surface area contributed by atoms with Crippen LogP contribution in [0.3, 0.4) is 0 Å². The first kappa shape index (κ1) is 15.8. The molecular weight excluding hydrogens is 266 g/mol. The summed E-state index contributed by atoms with van der Waals surface area (Å²) >= 11 is 0. The van der Waals surface area contributed by atoms with Crippen molar-refractivity contribution in [3.8, 4) is 5.75 Å². The fourth-order valence-corrected chi connectivity index (χ4v) is 2.77. The van der Waals surface area contributed by atoms with Crippen molar-refractivity contribution in [1.82, 2.24) is 0 Å². The van der Waals surface area contributed by atoms with Crippen LogP contribution >= 0.6 is 0 Å². The number of carbonyl (C=O) groups excluding carboxylic acids is 1. The van der Waals surface area contributed by atoms with Gasteiger partial charge >= 0.3 is 0 Å². The van der Waals surface area contributed by atoms with Crippen LogP contribution in [0.5, 0.6) is 5.75 Å². The van der Waals surface area contributed by atoms with Crippen molar-refractivity contribution in [2.45, 2.75) is 44.6 Å². The Bertz CT molecular complexity index is 505. The zero-order chi connectivity index (χ0) is 15.5. The Labute approximate surface area is 126 Å². The predicted molar refractivity (Wildman–Crippen MR) is 84.3 cm³/mol. The normalized spacial score (nSPS) is 17.3. The first-order chi connectivity index (χ1) is 9.91. The summed E-state index contributed by atoms with van der Waals surface area (Å²) in [6.07, 6.45) is 4.80. The fraction of sp³-hybridized carbons (Fsp3) is 0.588. The number of Topliss-reactive ketones (excluding diaryl/α,β-unsaturated/α-hetero) is 1. The van der Waals surface area contributed by atoms with Gasteiger partial charge in [-0.3, -0.25) is 4.79 Å². The van der Waals surface area contributed by atoms with Gasteiger partial charge in [-0.25, -0.2) is 0 Å². The van der Waals surface area contributed by atoms with Crippen molar-refractivity contribution in [1.29, 1.82) is 0 Å². The van der Waals surface area contributed by atoms with Gasteiger partial charge in [0.2, 0.25) is 0 Å². The molecule has 21 heavy (non-hydrogen) atoms. The number of ether oxygens (including phenoxy) is 1. The van der Waals surface area contributed by atoms with Gasteiger partial charge in [0.05, 0.1) is 11.2 Å². The van der Waals surface area contributed by atoms with Crippen molar-refractivity contribution in [2.75, 3.05) is 25.6 Å². The van der Waals surface area contributed by atoms with Crippen LogP contribution in [0.25, 0.3) is 0 Å². The van der Waals surface area contributed by atoms with Crippen molar-refractivity contribution >= 4 is 11.5 Å². The average Bonchev–Trinajstić information content (AvgIpc) is 2.45. The van der Waals surface area contributed by atoms with Gasteiger partial charge in [0.1, 0.15) is 12.4 Å². The van der Waals surface area contributed by atoms with Crippen LogP contribution in [-0.4, -0.2) is 37.2 Å². The summed E-state index contributed by atoms with van der Waals surface area (Å²) in [4.78, 5) is 13.7. The Kier molecular flexibility index (Phi) is 4.88. The molecule has 0 amide bonds. The maximum Gasteiger partial charge on any atom is 0.163 e. The summed E-state index contributed by atoms with van der Waals surface area (Å²) in [5.74, 6) is 0.540. The minimum atomic E-state index is -0.750.